The Morgan fingerprint density at radius 2 is 2.40 bits per heavy atom. The highest BCUT2D eigenvalue weighted by Crippen LogP contribution is 2.23. The Balaban J connectivity index is 2.26. The molecule has 1 unspecified atom stereocenters. The van der Waals surface area contributed by atoms with Crippen LogP contribution in [0.15, 0.2) is 0 Å². The van der Waals surface area contributed by atoms with E-state index in [9.17, 15) is 4.79 Å². The number of hydrogen-bond acceptors (Lipinski definition) is 3. The highest BCUT2D eigenvalue weighted by Gasteiger charge is 2.30. The smallest absolute Gasteiger partial charge is 0.237 e. The van der Waals surface area contributed by atoms with Gasteiger partial charge in [0.1, 0.15) is 0 Å². The average Bonchev–Trinajstić information content (AvgIpc) is 2.63. The van der Waals surface area contributed by atoms with Gasteiger partial charge in [0.15, 0.2) is 0 Å². The molecular weight excluding hydrogens is 192 g/mol. The lowest BCUT2D eigenvalue weighted by atomic mass is 10.0. The molecule has 0 aromatic heterocycles. The summed E-state index contributed by atoms with van der Waals surface area (Å²) in [6.07, 6.45) is 3.76. The molecule has 1 aliphatic rings. The van der Waals surface area contributed by atoms with Crippen molar-refractivity contribution in [2.45, 2.75) is 51.2 Å². The van der Waals surface area contributed by atoms with Gasteiger partial charge in [-0.2, -0.15) is 0 Å². The zero-order chi connectivity index (χ0) is 11.3. The van der Waals surface area contributed by atoms with Crippen LogP contribution in [0.3, 0.4) is 0 Å². The van der Waals surface area contributed by atoms with Crippen LogP contribution in [0.2, 0.25) is 0 Å². The minimum absolute atomic E-state index is 0.0615. The topological polar surface area (TPSA) is 64.4 Å². The molecule has 1 rings (SSSR count). The number of ether oxygens (including phenoxy) is 1. The van der Waals surface area contributed by atoms with Crippen molar-refractivity contribution in [2.75, 3.05) is 13.2 Å². The van der Waals surface area contributed by atoms with E-state index in [4.69, 9.17) is 10.5 Å². The third-order valence-corrected chi connectivity index (χ3v) is 2.87. The van der Waals surface area contributed by atoms with E-state index >= 15 is 0 Å². The number of carbonyl (C=O) groups is 1. The molecular formula is C11H22N2O2. The number of rotatable bonds is 5. The van der Waals surface area contributed by atoms with Crippen LogP contribution < -0.4 is 11.1 Å². The lowest BCUT2D eigenvalue weighted by molar-refractivity contribution is -0.123. The number of carbonyl (C=O) groups excluding carboxylic acids is 1. The van der Waals surface area contributed by atoms with E-state index in [1.54, 1.807) is 0 Å². The van der Waals surface area contributed by atoms with Gasteiger partial charge in [0.25, 0.3) is 0 Å². The second-order valence-electron chi connectivity index (χ2n) is 4.51. The average molecular weight is 214 g/mol. The lowest BCUT2D eigenvalue weighted by Gasteiger charge is -2.24. The predicted molar refractivity (Wildman–Crippen MR) is 59.5 cm³/mol. The summed E-state index contributed by atoms with van der Waals surface area (Å²) in [6.45, 7) is 5.43. The lowest BCUT2D eigenvalue weighted by Crippen LogP contribution is -2.46. The van der Waals surface area contributed by atoms with Crippen LogP contribution in [0.1, 0.15) is 39.5 Å². The quantitative estimate of drug-likeness (QED) is 0.711. The van der Waals surface area contributed by atoms with Gasteiger partial charge in [0.05, 0.1) is 11.6 Å². The molecule has 15 heavy (non-hydrogen) atoms. The molecule has 88 valence electrons. The summed E-state index contributed by atoms with van der Waals surface area (Å²) in [6, 6.07) is -0.375. The van der Waals surface area contributed by atoms with E-state index in [0.29, 0.717) is 6.54 Å². The SMILES string of the molecule is CCC[C@@H](N)C(=O)NCC1(C)CCCO1. The molecule has 1 heterocycles. The summed E-state index contributed by atoms with van der Waals surface area (Å²) in [5.74, 6) is -0.0615. The largest absolute Gasteiger partial charge is 0.373 e. The van der Waals surface area contributed by atoms with Gasteiger partial charge < -0.3 is 15.8 Å². The van der Waals surface area contributed by atoms with Crippen LogP contribution in [0.4, 0.5) is 0 Å². The van der Waals surface area contributed by atoms with Gasteiger partial charge in [-0.3, -0.25) is 4.79 Å². The van der Waals surface area contributed by atoms with Crippen molar-refractivity contribution in [1.82, 2.24) is 5.32 Å². The van der Waals surface area contributed by atoms with Crippen molar-refractivity contribution < 1.29 is 9.53 Å². The fourth-order valence-electron chi connectivity index (χ4n) is 1.82. The van der Waals surface area contributed by atoms with Gasteiger partial charge in [0.2, 0.25) is 5.91 Å². The summed E-state index contributed by atoms with van der Waals surface area (Å²) in [4.78, 5) is 11.5. The fraction of sp³-hybridized carbons (Fsp3) is 0.909. The molecule has 3 N–H and O–H groups in total. The summed E-state index contributed by atoms with van der Waals surface area (Å²) >= 11 is 0. The maximum Gasteiger partial charge on any atom is 0.237 e. The third kappa shape index (κ3) is 3.80. The predicted octanol–water partition coefficient (Wildman–Crippen LogP) is 0.799. The van der Waals surface area contributed by atoms with Gasteiger partial charge in [-0.1, -0.05) is 13.3 Å². The molecule has 4 heteroatoms. The molecule has 1 saturated heterocycles. The first-order chi connectivity index (χ1) is 7.07. The second-order valence-corrected chi connectivity index (χ2v) is 4.51. The van der Waals surface area contributed by atoms with E-state index in [-0.39, 0.29) is 17.6 Å². The molecule has 1 amide bonds. The van der Waals surface area contributed by atoms with Gasteiger partial charge in [-0.15, -0.1) is 0 Å². The van der Waals surface area contributed by atoms with Crippen LogP contribution >= 0.6 is 0 Å². The minimum Gasteiger partial charge on any atom is -0.373 e. The van der Waals surface area contributed by atoms with E-state index in [2.05, 4.69) is 5.32 Å². The van der Waals surface area contributed by atoms with Crippen LogP contribution in [-0.4, -0.2) is 30.7 Å². The summed E-state index contributed by atoms with van der Waals surface area (Å²) in [5, 5.41) is 2.86. The Labute approximate surface area is 91.5 Å². The molecule has 1 aliphatic heterocycles. The Kier molecular flexibility index (Phi) is 4.54. The van der Waals surface area contributed by atoms with Crippen molar-refractivity contribution >= 4 is 5.91 Å². The number of nitrogens with one attached hydrogen (secondary N) is 1. The Hall–Kier alpha value is -0.610. The second kappa shape index (κ2) is 5.47. The van der Waals surface area contributed by atoms with Crippen LogP contribution in [0, 0.1) is 0 Å². The molecule has 0 saturated carbocycles. The summed E-state index contributed by atoms with van der Waals surface area (Å²) < 4.78 is 5.58. The number of hydrogen-bond donors (Lipinski definition) is 2. The monoisotopic (exact) mass is 214 g/mol. The normalized spacial score (nSPS) is 27.7. The highest BCUT2D eigenvalue weighted by molar-refractivity contribution is 5.81. The first-order valence-electron chi connectivity index (χ1n) is 5.74. The highest BCUT2D eigenvalue weighted by atomic mass is 16.5. The molecule has 2 atom stereocenters. The molecule has 0 spiro atoms. The molecule has 0 aromatic carbocycles. The Morgan fingerprint density at radius 1 is 1.67 bits per heavy atom. The molecule has 4 nitrogen and oxygen atoms in total. The standard InChI is InChI=1S/C11H22N2O2/c1-3-5-9(12)10(14)13-8-11(2)6-4-7-15-11/h9H,3-8,12H2,1-2H3,(H,13,14)/t9-,11?/m1/s1. The van der Waals surface area contributed by atoms with Crippen LogP contribution in [-0.2, 0) is 9.53 Å². The van der Waals surface area contributed by atoms with E-state index in [0.717, 1.165) is 32.3 Å². The van der Waals surface area contributed by atoms with E-state index in [1.807, 2.05) is 13.8 Å². The molecule has 1 fully saturated rings. The molecule has 0 aromatic rings. The maximum absolute atomic E-state index is 11.5. The zero-order valence-electron chi connectivity index (χ0n) is 9.71. The van der Waals surface area contributed by atoms with Crippen LogP contribution in [0.5, 0.6) is 0 Å². The van der Waals surface area contributed by atoms with Crippen molar-refractivity contribution in [2.24, 2.45) is 5.73 Å². The molecule has 0 radical (unpaired) electrons. The van der Waals surface area contributed by atoms with Gasteiger partial charge in [0, 0.05) is 13.2 Å². The third-order valence-electron chi connectivity index (χ3n) is 2.87. The minimum atomic E-state index is -0.375. The van der Waals surface area contributed by atoms with Crippen molar-refractivity contribution in [1.29, 1.82) is 0 Å². The van der Waals surface area contributed by atoms with Crippen molar-refractivity contribution in [3.63, 3.8) is 0 Å². The van der Waals surface area contributed by atoms with Crippen molar-refractivity contribution in [3.8, 4) is 0 Å². The van der Waals surface area contributed by atoms with Gasteiger partial charge >= 0.3 is 0 Å². The zero-order valence-corrected chi connectivity index (χ0v) is 9.71. The summed E-state index contributed by atoms with van der Waals surface area (Å²) in [5.41, 5.74) is 5.52. The molecule has 0 aliphatic carbocycles. The Morgan fingerprint density at radius 3 is 2.93 bits per heavy atom. The van der Waals surface area contributed by atoms with Crippen LogP contribution in [0.25, 0.3) is 0 Å². The first-order valence-corrected chi connectivity index (χ1v) is 5.74. The maximum atomic E-state index is 11.5. The number of amides is 1. The number of nitrogens with two attached hydrogens (primary N) is 1. The fourth-order valence-corrected chi connectivity index (χ4v) is 1.82. The van der Waals surface area contributed by atoms with Gasteiger partial charge in [-0.05, 0) is 26.2 Å². The molecule has 0 bridgehead atoms. The van der Waals surface area contributed by atoms with Crippen molar-refractivity contribution in [3.05, 3.63) is 0 Å². The van der Waals surface area contributed by atoms with E-state index < -0.39 is 0 Å². The first kappa shape index (κ1) is 12.5. The van der Waals surface area contributed by atoms with Gasteiger partial charge in [-0.25, -0.2) is 0 Å². The van der Waals surface area contributed by atoms with E-state index in [1.165, 1.54) is 0 Å². The summed E-state index contributed by atoms with van der Waals surface area (Å²) in [7, 11) is 0. The Bertz CT molecular complexity index is 213.